The minimum absolute atomic E-state index is 0.0646. The van der Waals surface area contributed by atoms with E-state index >= 15 is 0 Å². The van der Waals surface area contributed by atoms with E-state index in [0.717, 1.165) is 5.56 Å². The summed E-state index contributed by atoms with van der Waals surface area (Å²) in [5.74, 6) is 0.0646. The van der Waals surface area contributed by atoms with E-state index < -0.39 is 5.09 Å². The van der Waals surface area contributed by atoms with Gasteiger partial charge in [-0.1, -0.05) is 60.7 Å². The zero-order valence-electron chi connectivity index (χ0n) is 12.6. The fraction of sp³-hybridized carbons (Fsp3) is 0.0588. The molecule has 1 unspecified atom stereocenters. The van der Waals surface area contributed by atoms with Crippen LogP contribution in [0.15, 0.2) is 79.4 Å². The van der Waals surface area contributed by atoms with E-state index in [4.69, 9.17) is 15.3 Å². The van der Waals surface area contributed by atoms with Gasteiger partial charge in [-0.2, -0.15) is 0 Å². The van der Waals surface area contributed by atoms with Gasteiger partial charge in [0.1, 0.15) is 6.04 Å². The largest absolute Gasteiger partial charge is 0.328 e. The van der Waals surface area contributed by atoms with Crippen LogP contribution in [-0.2, 0) is 0 Å². The van der Waals surface area contributed by atoms with Crippen molar-refractivity contribution in [2.24, 2.45) is 0 Å². The molecule has 3 rings (SSSR count). The standard InChI is InChI=1S/C17H14N2O.HNO3/c20-17(15-9-5-2-6-10-15)16(19-12-11-18-13-19)14-7-3-1-4-8-14;2-1(3)4/h1-13,16H;(H,2,3,4). The van der Waals surface area contributed by atoms with Gasteiger partial charge in [-0.25, -0.2) is 4.98 Å². The zero-order valence-corrected chi connectivity index (χ0v) is 12.6. The van der Waals surface area contributed by atoms with Crippen LogP contribution in [0.1, 0.15) is 22.0 Å². The van der Waals surface area contributed by atoms with Crippen LogP contribution >= 0.6 is 0 Å². The molecule has 7 nitrogen and oxygen atoms in total. The van der Waals surface area contributed by atoms with Gasteiger partial charge in [-0.05, 0) is 5.56 Å². The molecule has 1 N–H and O–H groups in total. The van der Waals surface area contributed by atoms with E-state index in [-0.39, 0.29) is 11.8 Å². The number of nitrogens with zero attached hydrogens (tertiary/aromatic N) is 3. The van der Waals surface area contributed by atoms with Crippen LogP contribution < -0.4 is 0 Å². The Balaban J connectivity index is 0.000000471. The van der Waals surface area contributed by atoms with Crippen LogP contribution in [0.3, 0.4) is 0 Å². The monoisotopic (exact) mass is 325 g/mol. The van der Waals surface area contributed by atoms with E-state index in [2.05, 4.69) is 4.98 Å². The van der Waals surface area contributed by atoms with E-state index in [0.29, 0.717) is 5.56 Å². The van der Waals surface area contributed by atoms with E-state index in [1.807, 2.05) is 71.4 Å². The summed E-state index contributed by atoms with van der Waals surface area (Å²) in [6.45, 7) is 0. The molecule has 24 heavy (non-hydrogen) atoms. The summed E-state index contributed by atoms with van der Waals surface area (Å²) >= 11 is 0. The van der Waals surface area contributed by atoms with Crippen molar-refractivity contribution in [1.82, 2.24) is 9.55 Å². The zero-order chi connectivity index (χ0) is 17.4. The molecule has 0 radical (unpaired) electrons. The quantitative estimate of drug-likeness (QED) is 0.451. The fourth-order valence-electron chi connectivity index (χ4n) is 2.28. The number of hydrogen-bond donors (Lipinski definition) is 1. The van der Waals surface area contributed by atoms with Gasteiger partial charge in [0.25, 0.3) is 5.09 Å². The minimum atomic E-state index is -1.50. The number of aromatic nitrogens is 2. The summed E-state index contributed by atoms with van der Waals surface area (Å²) in [6, 6.07) is 18.7. The highest BCUT2D eigenvalue weighted by atomic mass is 16.9. The van der Waals surface area contributed by atoms with Gasteiger partial charge < -0.3 is 9.77 Å². The molecule has 0 fully saturated rings. The van der Waals surface area contributed by atoms with Crippen LogP contribution in [0.4, 0.5) is 0 Å². The molecule has 3 aromatic rings. The lowest BCUT2D eigenvalue weighted by molar-refractivity contribution is -0.742. The third-order valence-corrected chi connectivity index (χ3v) is 3.24. The second kappa shape index (κ2) is 8.23. The summed E-state index contributed by atoms with van der Waals surface area (Å²) in [7, 11) is 0. The Morgan fingerprint density at radius 2 is 1.62 bits per heavy atom. The van der Waals surface area contributed by atoms with Gasteiger partial charge in [0, 0.05) is 18.0 Å². The number of Topliss-reactive ketones (excluding diaryl/α,β-unsaturated/α-hetero) is 1. The van der Waals surface area contributed by atoms with Crippen molar-refractivity contribution < 1.29 is 15.1 Å². The summed E-state index contributed by atoms with van der Waals surface area (Å²) in [5.41, 5.74) is 1.66. The second-order valence-electron chi connectivity index (χ2n) is 4.79. The maximum absolute atomic E-state index is 12.8. The number of benzene rings is 2. The molecule has 0 bridgehead atoms. The number of imidazole rings is 1. The molecule has 0 aliphatic rings. The lowest BCUT2D eigenvalue weighted by Crippen LogP contribution is -2.20. The average molecular weight is 325 g/mol. The average Bonchev–Trinajstić information content (AvgIpc) is 3.10. The van der Waals surface area contributed by atoms with Crippen LogP contribution in [0.25, 0.3) is 0 Å². The van der Waals surface area contributed by atoms with Crippen molar-refractivity contribution in [3.8, 4) is 0 Å². The Kier molecular flexibility index (Phi) is 5.79. The van der Waals surface area contributed by atoms with E-state index in [1.54, 1.807) is 12.5 Å². The van der Waals surface area contributed by atoms with Crippen molar-refractivity contribution in [3.63, 3.8) is 0 Å². The van der Waals surface area contributed by atoms with Crippen LogP contribution in [0, 0.1) is 10.1 Å². The highest BCUT2D eigenvalue weighted by molar-refractivity contribution is 6.00. The summed E-state index contributed by atoms with van der Waals surface area (Å²) < 4.78 is 1.84. The Morgan fingerprint density at radius 1 is 1.08 bits per heavy atom. The first kappa shape index (κ1) is 16.9. The van der Waals surface area contributed by atoms with Crippen molar-refractivity contribution in [3.05, 3.63) is 101 Å². The molecule has 0 saturated heterocycles. The molecular weight excluding hydrogens is 310 g/mol. The van der Waals surface area contributed by atoms with Crippen LogP contribution in [-0.4, -0.2) is 25.6 Å². The Labute approximate surface area is 137 Å². The molecule has 1 aromatic heterocycles. The minimum Gasteiger partial charge on any atom is -0.328 e. The number of ketones is 1. The molecule has 0 spiro atoms. The highest BCUT2D eigenvalue weighted by Crippen LogP contribution is 2.22. The molecule has 0 aliphatic carbocycles. The lowest BCUT2D eigenvalue weighted by Gasteiger charge is -2.17. The summed E-state index contributed by atoms with van der Waals surface area (Å²) in [6.07, 6.45) is 5.19. The topological polar surface area (TPSA) is 98.3 Å². The van der Waals surface area contributed by atoms with Crippen molar-refractivity contribution in [2.45, 2.75) is 6.04 Å². The molecular formula is C17H15N3O4. The van der Waals surface area contributed by atoms with Crippen LogP contribution in [0.2, 0.25) is 0 Å². The first-order valence-electron chi connectivity index (χ1n) is 7.04. The van der Waals surface area contributed by atoms with Gasteiger partial charge in [0.15, 0.2) is 5.78 Å². The number of rotatable bonds is 4. The van der Waals surface area contributed by atoms with Crippen molar-refractivity contribution in [2.75, 3.05) is 0 Å². The first-order valence-corrected chi connectivity index (χ1v) is 7.04. The molecule has 0 saturated carbocycles. The van der Waals surface area contributed by atoms with Crippen LogP contribution in [0.5, 0.6) is 0 Å². The third-order valence-electron chi connectivity index (χ3n) is 3.24. The third kappa shape index (κ3) is 4.51. The number of hydrogen-bond acceptors (Lipinski definition) is 4. The molecule has 1 heterocycles. The molecule has 0 aliphatic heterocycles. The van der Waals surface area contributed by atoms with Gasteiger partial charge in [0.05, 0.1) is 6.33 Å². The second-order valence-corrected chi connectivity index (χ2v) is 4.79. The smallest absolute Gasteiger partial charge is 0.291 e. The normalized spacial score (nSPS) is 11.0. The molecule has 0 amide bonds. The van der Waals surface area contributed by atoms with E-state index in [1.165, 1.54) is 0 Å². The Morgan fingerprint density at radius 3 is 2.12 bits per heavy atom. The maximum Gasteiger partial charge on any atom is 0.291 e. The predicted octanol–water partition coefficient (Wildman–Crippen LogP) is 3.01. The number of carbonyl (C=O) groups excluding carboxylic acids is 1. The van der Waals surface area contributed by atoms with Crippen molar-refractivity contribution in [1.29, 1.82) is 0 Å². The number of carbonyl (C=O) groups is 1. The molecule has 1 atom stereocenters. The summed E-state index contributed by atoms with van der Waals surface area (Å²) in [5, 5.41) is 13.6. The first-order chi connectivity index (χ1) is 11.6. The Hall–Kier alpha value is -3.48. The Bertz CT molecular complexity index is 770. The lowest BCUT2D eigenvalue weighted by atomic mass is 9.97. The predicted molar refractivity (Wildman–Crippen MR) is 86.4 cm³/mol. The molecule has 2 aromatic carbocycles. The molecule has 122 valence electrons. The van der Waals surface area contributed by atoms with Gasteiger partial charge in [-0.3, -0.25) is 4.79 Å². The van der Waals surface area contributed by atoms with Gasteiger partial charge >= 0.3 is 0 Å². The SMILES string of the molecule is O=C(c1ccccc1)C(c1ccccc1)n1ccnc1.O=[N+]([O-])O. The van der Waals surface area contributed by atoms with Crippen molar-refractivity contribution >= 4 is 5.78 Å². The highest BCUT2D eigenvalue weighted by Gasteiger charge is 2.22. The van der Waals surface area contributed by atoms with Gasteiger partial charge in [0.2, 0.25) is 0 Å². The summed E-state index contributed by atoms with van der Waals surface area (Å²) in [4.78, 5) is 25.2. The molecule has 7 heteroatoms. The van der Waals surface area contributed by atoms with Gasteiger partial charge in [-0.15, -0.1) is 10.1 Å². The van der Waals surface area contributed by atoms with E-state index in [9.17, 15) is 4.79 Å². The maximum atomic E-state index is 12.8. The fourth-order valence-corrected chi connectivity index (χ4v) is 2.28.